The number of halogens is 1. The molecule has 1 aliphatic carbocycles. The number of Topliss-reactive ketones (excluding diaryl/α,β-unsaturated/α-hetero) is 2. The molecule has 0 unspecified atom stereocenters. The average Bonchev–Trinajstić information content (AvgIpc) is 2.78. The van der Waals surface area contributed by atoms with E-state index in [0.717, 1.165) is 0 Å². The Morgan fingerprint density at radius 2 is 1.48 bits per heavy atom. The summed E-state index contributed by atoms with van der Waals surface area (Å²) in [6.45, 7) is 0. The maximum Gasteiger partial charge on any atom is 0.263 e. The van der Waals surface area contributed by atoms with Crippen LogP contribution in [-0.2, 0) is 10.0 Å². The van der Waals surface area contributed by atoms with Crippen molar-refractivity contribution in [2.45, 2.75) is 4.90 Å². The van der Waals surface area contributed by atoms with Crippen molar-refractivity contribution < 1.29 is 18.0 Å². The molecule has 0 atom stereocenters. The van der Waals surface area contributed by atoms with Crippen LogP contribution in [0.2, 0.25) is 0 Å². The number of hydrogen-bond donors (Lipinski definition) is 1. The molecule has 0 spiro atoms. The number of nitrogens with zero attached hydrogens (tertiary/aromatic N) is 2. The van der Waals surface area contributed by atoms with Crippen molar-refractivity contribution in [2.24, 2.45) is 0 Å². The molecule has 156 valence electrons. The lowest BCUT2D eigenvalue weighted by atomic mass is 9.92. The predicted octanol–water partition coefficient (Wildman–Crippen LogP) is 3.85. The van der Waals surface area contributed by atoms with Crippen molar-refractivity contribution in [3.8, 4) is 0 Å². The molecule has 0 fully saturated rings. The molecule has 0 saturated carbocycles. The minimum atomic E-state index is -3.84. The van der Waals surface area contributed by atoms with Crippen molar-refractivity contribution in [1.82, 2.24) is 4.98 Å². The number of hydrogen-bond acceptors (Lipinski definition) is 6. The standard InChI is InChI=1S/C22H16ClN3O4S/c1-26(20-19(23)21(27)16-6-2-3-7-17(16)22(20)28)14-9-11-15(12-10-14)31(29,30)25-18-8-4-5-13-24-18/h2-13H,1H3,(H,24,25). The van der Waals surface area contributed by atoms with E-state index in [0.29, 0.717) is 5.69 Å². The lowest BCUT2D eigenvalue weighted by Gasteiger charge is -2.26. The Hall–Kier alpha value is -3.49. The smallest absolute Gasteiger partial charge is 0.263 e. The van der Waals surface area contributed by atoms with Crippen LogP contribution >= 0.6 is 11.6 Å². The molecule has 1 N–H and O–H groups in total. The first kappa shape index (κ1) is 20.8. The summed E-state index contributed by atoms with van der Waals surface area (Å²) in [4.78, 5) is 31.0. The largest absolute Gasteiger partial charge is 0.340 e. The highest BCUT2D eigenvalue weighted by molar-refractivity contribution is 7.92. The van der Waals surface area contributed by atoms with Crippen LogP contribution in [0.15, 0.2) is 88.6 Å². The highest BCUT2D eigenvalue weighted by Crippen LogP contribution is 2.32. The number of aromatic nitrogens is 1. The summed E-state index contributed by atoms with van der Waals surface area (Å²) in [6.07, 6.45) is 1.48. The van der Waals surface area contributed by atoms with Crippen LogP contribution in [0.25, 0.3) is 0 Å². The number of nitrogens with one attached hydrogen (secondary N) is 1. The summed E-state index contributed by atoms with van der Waals surface area (Å²) in [5.41, 5.74) is 1.06. The van der Waals surface area contributed by atoms with Crippen LogP contribution in [0.3, 0.4) is 0 Å². The lowest BCUT2D eigenvalue weighted by Crippen LogP contribution is -2.30. The molecule has 31 heavy (non-hydrogen) atoms. The van der Waals surface area contributed by atoms with Gasteiger partial charge in [0.05, 0.1) is 4.90 Å². The van der Waals surface area contributed by atoms with E-state index in [9.17, 15) is 18.0 Å². The molecular weight excluding hydrogens is 438 g/mol. The molecule has 4 rings (SSSR count). The first-order valence-electron chi connectivity index (χ1n) is 9.15. The number of allylic oxidation sites excluding steroid dienone is 2. The summed E-state index contributed by atoms with van der Waals surface area (Å²) < 4.78 is 27.5. The highest BCUT2D eigenvalue weighted by atomic mass is 35.5. The van der Waals surface area contributed by atoms with Gasteiger partial charge in [-0.25, -0.2) is 13.4 Å². The van der Waals surface area contributed by atoms with E-state index in [2.05, 4.69) is 9.71 Å². The average molecular weight is 454 g/mol. The first-order chi connectivity index (χ1) is 14.8. The third kappa shape index (κ3) is 3.83. The van der Waals surface area contributed by atoms with Crippen LogP contribution in [0.5, 0.6) is 0 Å². The van der Waals surface area contributed by atoms with E-state index in [1.54, 1.807) is 43.4 Å². The van der Waals surface area contributed by atoms with Crippen LogP contribution < -0.4 is 9.62 Å². The predicted molar refractivity (Wildman–Crippen MR) is 118 cm³/mol. The third-order valence-corrected chi connectivity index (χ3v) is 6.53. The van der Waals surface area contributed by atoms with Gasteiger partial charge in [0.15, 0.2) is 0 Å². The normalized spacial score (nSPS) is 13.7. The zero-order valence-electron chi connectivity index (χ0n) is 16.2. The molecule has 0 aliphatic heterocycles. The van der Waals surface area contributed by atoms with Crippen molar-refractivity contribution in [2.75, 3.05) is 16.7 Å². The molecule has 7 nitrogen and oxygen atoms in total. The first-order valence-corrected chi connectivity index (χ1v) is 11.0. The zero-order chi connectivity index (χ0) is 22.2. The number of rotatable bonds is 5. The second-order valence-electron chi connectivity index (χ2n) is 6.74. The second-order valence-corrected chi connectivity index (χ2v) is 8.80. The van der Waals surface area contributed by atoms with Crippen molar-refractivity contribution >= 4 is 44.7 Å². The minimum Gasteiger partial charge on any atom is -0.340 e. The lowest BCUT2D eigenvalue weighted by molar-refractivity contribution is 0.0979. The second kappa shape index (κ2) is 7.98. The van der Waals surface area contributed by atoms with Gasteiger partial charge in [0.2, 0.25) is 11.6 Å². The van der Waals surface area contributed by atoms with Gasteiger partial charge in [0, 0.05) is 30.1 Å². The van der Waals surface area contributed by atoms with Gasteiger partial charge in [-0.3, -0.25) is 14.3 Å². The Morgan fingerprint density at radius 1 is 0.871 bits per heavy atom. The number of pyridine rings is 1. The fourth-order valence-corrected chi connectivity index (χ4v) is 4.55. The van der Waals surface area contributed by atoms with E-state index in [-0.39, 0.29) is 38.4 Å². The van der Waals surface area contributed by atoms with Crippen LogP contribution in [0, 0.1) is 0 Å². The van der Waals surface area contributed by atoms with E-state index in [1.165, 1.54) is 41.4 Å². The van der Waals surface area contributed by atoms with Gasteiger partial charge in [-0.05, 0) is 36.4 Å². The van der Waals surface area contributed by atoms with E-state index in [4.69, 9.17) is 11.6 Å². The van der Waals surface area contributed by atoms with Crippen molar-refractivity contribution in [1.29, 1.82) is 0 Å². The Kier molecular flexibility index (Phi) is 5.34. The van der Waals surface area contributed by atoms with Gasteiger partial charge >= 0.3 is 0 Å². The van der Waals surface area contributed by atoms with Crippen LogP contribution in [-0.4, -0.2) is 32.0 Å². The third-order valence-electron chi connectivity index (χ3n) is 4.81. The van der Waals surface area contributed by atoms with Crippen molar-refractivity contribution in [3.63, 3.8) is 0 Å². The fourth-order valence-electron chi connectivity index (χ4n) is 3.23. The number of benzene rings is 2. The summed E-state index contributed by atoms with van der Waals surface area (Å²) in [5.74, 6) is -0.612. The molecular formula is C22H16ClN3O4S. The maximum absolute atomic E-state index is 13.0. The highest BCUT2D eigenvalue weighted by Gasteiger charge is 2.33. The number of sulfonamides is 1. The Balaban J connectivity index is 1.63. The van der Waals surface area contributed by atoms with E-state index in [1.807, 2.05) is 0 Å². The SMILES string of the molecule is CN(C1=C(Cl)C(=O)c2ccccc2C1=O)c1ccc(S(=O)(=O)Nc2ccccn2)cc1. The molecule has 1 heterocycles. The summed E-state index contributed by atoms with van der Waals surface area (Å²) in [6, 6.07) is 17.2. The Labute approximate surface area is 184 Å². The van der Waals surface area contributed by atoms with Crippen LogP contribution in [0.1, 0.15) is 20.7 Å². The zero-order valence-corrected chi connectivity index (χ0v) is 17.8. The van der Waals surface area contributed by atoms with Gasteiger partial charge in [-0.15, -0.1) is 0 Å². The molecule has 1 aliphatic rings. The van der Waals surface area contributed by atoms with Gasteiger partial charge < -0.3 is 4.90 Å². The molecule has 0 bridgehead atoms. The topological polar surface area (TPSA) is 96.4 Å². The molecule has 0 amide bonds. The van der Waals surface area contributed by atoms with Gasteiger partial charge in [-0.1, -0.05) is 41.9 Å². The Morgan fingerprint density at radius 3 is 2.10 bits per heavy atom. The maximum atomic E-state index is 13.0. The molecule has 2 aromatic carbocycles. The van der Waals surface area contributed by atoms with E-state index >= 15 is 0 Å². The number of anilines is 2. The van der Waals surface area contributed by atoms with Gasteiger partial charge in [0.25, 0.3) is 10.0 Å². The molecule has 9 heteroatoms. The van der Waals surface area contributed by atoms with Crippen molar-refractivity contribution in [3.05, 3.63) is 94.8 Å². The minimum absolute atomic E-state index is 0.0202. The monoisotopic (exact) mass is 453 g/mol. The van der Waals surface area contributed by atoms with E-state index < -0.39 is 15.8 Å². The summed E-state index contributed by atoms with van der Waals surface area (Å²) >= 11 is 6.25. The summed E-state index contributed by atoms with van der Waals surface area (Å²) in [5, 5.41) is -0.181. The number of ketones is 2. The molecule has 0 saturated heterocycles. The number of likely N-dealkylation sites (N-methyl/N-ethyl adjacent to an activating group) is 1. The quantitative estimate of drug-likeness (QED) is 0.630. The number of fused-ring (bicyclic) bond motifs is 1. The Bertz CT molecular complexity index is 1320. The van der Waals surface area contributed by atoms with Gasteiger partial charge in [0.1, 0.15) is 16.5 Å². The summed E-state index contributed by atoms with van der Waals surface area (Å²) in [7, 11) is -2.25. The molecule has 1 aromatic heterocycles. The molecule has 0 radical (unpaired) electrons. The fraction of sp³-hybridized carbons (Fsp3) is 0.0455. The number of carbonyl (C=O) groups is 2. The van der Waals surface area contributed by atoms with Crippen LogP contribution in [0.4, 0.5) is 11.5 Å². The number of carbonyl (C=O) groups excluding carboxylic acids is 2. The molecule has 3 aromatic rings. The van der Waals surface area contributed by atoms with Gasteiger partial charge in [-0.2, -0.15) is 0 Å².